The average Bonchev–Trinajstić information content (AvgIpc) is 2.79. The van der Waals surface area contributed by atoms with Crippen LogP contribution >= 0.6 is 0 Å². The summed E-state index contributed by atoms with van der Waals surface area (Å²) in [6, 6.07) is 4.68. The smallest absolute Gasteiger partial charge is 0.258 e. The Morgan fingerprint density at radius 2 is 1.42 bits per heavy atom. The van der Waals surface area contributed by atoms with E-state index in [-0.39, 0.29) is 24.2 Å². The Morgan fingerprint density at radius 3 is 1.97 bits per heavy atom. The van der Waals surface area contributed by atoms with E-state index in [1.54, 1.807) is 19.2 Å². The zero-order valence-electron chi connectivity index (χ0n) is 19.4. The largest absolute Gasteiger partial charge is 0.484 e. The van der Waals surface area contributed by atoms with Gasteiger partial charge in [-0.3, -0.25) is 14.4 Å². The highest BCUT2D eigenvalue weighted by molar-refractivity contribution is 5.99. The molecule has 0 spiro atoms. The van der Waals surface area contributed by atoms with Gasteiger partial charge in [0.15, 0.2) is 12.4 Å². The van der Waals surface area contributed by atoms with Crippen molar-refractivity contribution in [2.24, 2.45) is 0 Å². The van der Waals surface area contributed by atoms with Crippen molar-refractivity contribution >= 4 is 23.3 Å². The number of carbonyl (C=O) groups is 3. The van der Waals surface area contributed by atoms with Crippen LogP contribution in [0, 0.1) is 0 Å². The SMILES string of the molecule is CNC(=O)CCOCCOCCOCCOCCNC(=O)COc1ccc(C(C)=O)c(N)c1. The fourth-order valence-corrected chi connectivity index (χ4v) is 2.47. The van der Waals surface area contributed by atoms with Crippen LogP contribution in [0.1, 0.15) is 23.7 Å². The summed E-state index contributed by atoms with van der Waals surface area (Å²) in [7, 11) is 1.59. The van der Waals surface area contributed by atoms with Crippen molar-refractivity contribution in [2.45, 2.75) is 13.3 Å². The molecular formula is C22H35N3O8. The molecule has 0 unspecified atom stereocenters. The molecule has 11 nitrogen and oxygen atoms in total. The maximum Gasteiger partial charge on any atom is 0.258 e. The van der Waals surface area contributed by atoms with Gasteiger partial charge in [-0.15, -0.1) is 0 Å². The second-order valence-electron chi connectivity index (χ2n) is 6.82. The van der Waals surface area contributed by atoms with Crippen LogP contribution in [0.3, 0.4) is 0 Å². The molecule has 0 saturated carbocycles. The molecule has 0 aromatic heterocycles. The maximum absolute atomic E-state index is 11.8. The molecule has 4 N–H and O–H groups in total. The molecule has 0 radical (unpaired) electrons. The molecule has 0 saturated heterocycles. The number of anilines is 1. The number of hydrogen-bond donors (Lipinski definition) is 3. The highest BCUT2D eigenvalue weighted by Gasteiger charge is 2.07. The summed E-state index contributed by atoms with van der Waals surface area (Å²) >= 11 is 0. The third-order valence-electron chi connectivity index (χ3n) is 4.21. The summed E-state index contributed by atoms with van der Waals surface area (Å²) in [6.45, 7) is 4.89. The van der Waals surface area contributed by atoms with E-state index in [1.165, 1.54) is 13.0 Å². The molecule has 1 aromatic rings. The lowest BCUT2D eigenvalue weighted by Crippen LogP contribution is -2.32. The minimum Gasteiger partial charge on any atom is -0.484 e. The van der Waals surface area contributed by atoms with Gasteiger partial charge in [-0.2, -0.15) is 0 Å². The minimum absolute atomic E-state index is 0.0529. The third-order valence-corrected chi connectivity index (χ3v) is 4.21. The molecule has 0 fully saturated rings. The molecule has 1 rings (SSSR count). The van der Waals surface area contributed by atoms with Gasteiger partial charge in [0.25, 0.3) is 5.91 Å². The number of hydrogen-bond acceptors (Lipinski definition) is 9. The fourth-order valence-electron chi connectivity index (χ4n) is 2.47. The van der Waals surface area contributed by atoms with Crippen molar-refractivity contribution in [2.75, 3.05) is 78.8 Å². The van der Waals surface area contributed by atoms with Gasteiger partial charge < -0.3 is 40.1 Å². The molecule has 0 aliphatic heterocycles. The molecule has 0 heterocycles. The van der Waals surface area contributed by atoms with Crippen molar-refractivity contribution in [3.63, 3.8) is 0 Å². The minimum atomic E-state index is -0.293. The van der Waals surface area contributed by atoms with E-state index in [0.717, 1.165) is 0 Å². The highest BCUT2D eigenvalue weighted by atomic mass is 16.6. The summed E-state index contributed by atoms with van der Waals surface area (Å²) in [6.07, 6.45) is 0.337. The molecule has 1 aromatic carbocycles. The quantitative estimate of drug-likeness (QED) is 0.146. The van der Waals surface area contributed by atoms with Crippen molar-refractivity contribution in [3.05, 3.63) is 23.8 Å². The van der Waals surface area contributed by atoms with E-state index in [9.17, 15) is 14.4 Å². The monoisotopic (exact) mass is 469 g/mol. The standard InChI is InChI=1S/C22H35N3O8/c1-17(26)19-4-3-18(15-20(19)23)33-16-22(28)25-6-8-30-10-12-32-14-13-31-11-9-29-7-5-21(27)24-2/h3-4,15H,5-14,16,23H2,1-2H3,(H,24,27)(H,25,28). The first kappa shape index (κ1) is 28.3. The average molecular weight is 470 g/mol. The van der Waals surface area contributed by atoms with Crippen molar-refractivity contribution in [3.8, 4) is 5.75 Å². The van der Waals surface area contributed by atoms with Gasteiger partial charge in [-0.1, -0.05) is 0 Å². The van der Waals surface area contributed by atoms with Gasteiger partial charge in [0.05, 0.1) is 52.9 Å². The fraction of sp³-hybridized carbons (Fsp3) is 0.591. The summed E-state index contributed by atoms with van der Waals surface area (Å²) in [5, 5.41) is 5.20. The van der Waals surface area contributed by atoms with Gasteiger partial charge in [-0.25, -0.2) is 0 Å². The van der Waals surface area contributed by atoms with Crippen LogP contribution < -0.4 is 21.1 Å². The predicted molar refractivity (Wildman–Crippen MR) is 121 cm³/mol. The zero-order valence-corrected chi connectivity index (χ0v) is 19.4. The Labute approximate surface area is 194 Å². The Hall–Kier alpha value is -2.73. The molecule has 11 heteroatoms. The summed E-state index contributed by atoms with van der Waals surface area (Å²) in [4.78, 5) is 34.1. The van der Waals surface area contributed by atoms with E-state index in [4.69, 9.17) is 29.4 Å². The zero-order chi connectivity index (χ0) is 24.3. The van der Waals surface area contributed by atoms with Crippen molar-refractivity contribution < 1.29 is 38.1 Å². The number of Topliss-reactive ketones (excluding diaryl/α,β-unsaturated/α-hetero) is 1. The van der Waals surface area contributed by atoms with E-state index >= 15 is 0 Å². The number of carbonyl (C=O) groups excluding carboxylic acids is 3. The van der Waals surface area contributed by atoms with Crippen LogP contribution in [0.4, 0.5) is 5.69 Å². The van der Waals surface area contributed by atoms with Gasteiger partial charge in [0, 0.05) is 37.3 Å². The normalized spacial score (nSPS) is 10.6. The van der Waals surface area contributed by atoms with Crippen LogP contribution in [0.2, 0.25) is 0 Å². The first-order valence-electron chi connectivity index (χ1n) is 10.8. The van der Waals surface area contributed by atoms with Crippen molar-refractivity contribution in [1.29, 1.82) is 0 Å². The Kier molecular flexibility index (Phi) is 15.3. The molecule has 0 bridgehead atoms. The van der Waals surface area contributed by atoms with Gasteiger partial charge in [0.1, 0.15) is 5.75 Å². The molecule has 33 heavy (non-hydrogen) atoms. The number of nitrogens with two attached hydrogens (primary N) is 1. The first-order valence-corrected chi connectivity index (χ1v) is 10.8. The van der Waals surface area contributed by atoms with Gasteiger partial charge in [-0.05, 0) is 19.1 Å². The second-order valence-corrected chi connectivity index (χ2v) is 6.82. The van der Waals surface area contributed by atoms with Gasteiger partial charge in [0.2, 0.25) is 5.91 Å². The first-order chi connectivity index (χ1) is 15.9. The Balaban J connectivity index is 1.89. The Bertz CT molecular complexity index is 730. The molecule has 0 aliphatic rings. The summed E-state index contributed by atoms with van der Waals surface area (Å²) < 4.78 is 26.7. The van der Waals surface area contributed by atoms with Crippen LogP contribution in [0.5, 0.6) is 5.75 Å². The molecule has 2 amide bonds. The maximum atomic E-state index is 11.8. The lowest BCUT2D eigenvalue weighted by atomic mass is 10.1. The summed E-state index contributed by atoms with van der Waals surface area (Å²) in [5.74, 6) is -0.0619. The van der Waals surface area contributed by atoms with E-state index in [0.29, 0.717) is 82.8 Å². The number of nitrogen functional groups attached to an aromatic ring is 1. The van der Waals surface area contributed by atoms with E-state index in [2.05, 4.69) is 10.6 Å². The topological polar surface area (TPSA) is 147 Å². The number of amides is 2. The number of nitrogens with one attached hydrogen (secondary N) is 2. The predicted octanol–water partition coefficient (Wildman–Crippen LogP) is 0.169. The molecular weight excluding hydrogens is 434 g/mol. The van der Waals surface area contributed by atoms with Crippen LogP contribution in [-0.4, -0.2) is 90.7 Å². The lowest BCUT2D eigenvalue weighted by molar-refractivity contribution is -0.123. The number of benzene rings is 1. The van der Waals surface area contributed by atoms with E-state index in [1.807, 2.05) is 0 Å². The van der Waals surface area contributed by atoms with Gasteiger partial charge >= 0.3 is 0 Å². The third kappa shape index (κ3) is 14.1. The number of ketones is 1. The number of rotatable bonds is 19. The van der Waals surface area contributed by atoms with Crippen LogP contribution in [-0.2, 0) is 28.5 Å². The Morgan fingerprint density at radius 1 is 0.848 bits per heavy atom. The highest BCUT2D eigenvalue weighted by Crippen LogP contribution is 2.20. The molecule has 186 valence electrons. The van der Waals surface area contributed by atoms with Crippen LogP contribution in [0.15, 0.2) is 18.2 Å². The summed E-state index contributed by atoms with van der Waals surface area (Å²) in [5.41, 5.74) is 6.51. The second kappa shape index (κ2) is 17.8. The lowest BCUT2D eigenvalue weighted by Gasteiger charge is -2.10. The number of ether oxygens (including phenoxy) is 5. The van der Waals surface area contributed by atoms with Crippen molar-refractivity contribution in [1.82, 2.24) is 10.6 Å². The molecule has 0 atom stereocenters. The molecule has 0 aliphatic carbocycles. The van der Waals surface area contributed by atoms with Crippen LogP contribution in [0.25, 0.3) is 0 Å². The van der Waals surface area contributed by atoms with E-state index < -0.39 is 0 Å².